The van der Waals surface area contributed by atoms with Crippen LogP contribution in [0, 0.1) is 5.92 Å². The number of carboxylic acid groups (broad SMARTS) is 3. The molecular weight excluding hydrogens is 480 g/mol. The summed E-state index contributed by atoms with van der Waals surface area (Å²) in [7, 11) is 0. The van der Waals surface area contributed by atoms with Crippen LogP contribution >= 0.6 is 0 Å². The van der Waals surface area contributed by atoms with Gasteiger partial charge in [0.05, 0.1) is 18.8 Å². The van der Waals surface area contributed by atoms with Gasteiger partial charge in [-0.25, -0.2) is 9.78 Å². The van der Waals surface area contributed by atoms with Crippen LogP contribution in [0.1, 0.15) is 45.2 Å². The van der Waals surface area contributed by atoms with E-state index in [0.29, 0.717) is 5.69 Å². The molecule has 0 aliphatic rings. The summed E-state index contributed by atoms with van der Waals surface area (Å²) in [6.07, 6.45) is 1.34. The molecule has 1 aromatic heterocycles. The normalized spacial score (nSPS) is 14.2. The van der Waals surface area contributed by atoms with Gasteiger partial charge in [0.15, 0.2) is 0 Å². The Morgan fingerprint density at radius 2 is 1.50 bits per heavy atom. The molecule has 0 radical (unpaired) electrons. The number of carboxylic acids is 3. The van der Waals surface area contributed by atoms with E-state index in [2.05, 4.69) is 25.9 Å². The summed E-state index contributed by atoms with van der Waals surface area (Å²) in [6.45, 7) is 3.57. The van der Waals surface area contributed by atoms with Crippen LogP contribution in [0.15, 0.2) is 12.5 Å². The lowest BCUT2D eigenvalue weighted by atomic mass is 10.0. The van der Waals surface area contributed by atoms with E-state index in [1.165, 1.54) is 12.5 Å². The van der Waals surface area contributed by atoms with Crippen LogP contribution in [-0.4, -0.2) is 85.1 Å². The van der Waals surface area contributed by atoms with E-state index in [1.54, 1.807) is 13.8 Å². The highest BCUT2D eigenvalue weighted by Crippen LogP contribution is 2.08. The number of nitrogens with zero attached hydrogens (tertiary/aromatic N) is 1. The van der Waals surface area contributed by atoms with Crippen LogP contribution in [0.25, 0.3) is 0 Å². The summed E-state index contributed by atoms with van der Waals surface area (Å²) in [5, 5.41) is 33.9. The van der Waals surface area contributed by atoms with Crippen molar-refractivity contribution in [1.82, 2.24) is 25.9 Å². The summed E-state index contributed by atoms with van der Waals surface area (Å²) in [4.78, 5) is 78.0. The molecular formula is C21H32N6O9. The number of nitrogens with two attached hydrogens (primary N) is 1. The monoisotopic (exact) mass is 512 g/mol. The standard InChI is InChI=1S/C21H32N6O9/c1-10(2)5-13(25-18(32)12(22)3-4-16(28)29)19(33)26-14(6-11-8-23-9-24-11)20(34)27-15(21(35)36)7-17(30)31/h8-10,12-15H,3-7,22H2,1-2H3,(H,23,24)(H,25,32)(H,26,33)(H,27,34)(H,28,29)(H,30,31)(H,35,36). The average molecular weight is 513 g/mol. The number of nitrogens with one attached hydrogen (secondary N) is 4. The van der Waals surface area contributed by atoms with Gasteiger partial charge in [-0.3, -0.25) is 24.0 Å². The maximum absolute atomic E-state index is 13.1. The first-order chi connectivity index (χ1) is 16.8. The zero-order chi connectivity index (χ0) is 27.4. The number of carbonyl (C=O) groups is 6. The number of amides is 3. The van der Waals surface area contributed by atoms with E-state index in [4.69, 9.17) is 15.9 Å². The Morgan fingerprint density at radius 3 is 2.00 bits per heavy atom. The molecule has 1 rings (SSSR count). The highest BCUT2D eigenvalue weighted by atomic mass is 16.4. The lowest BCUT2D eigenvalue weighted by Crippen LogP contribution is -2.58. The molecule has 3 amide bonds. The predicted molar refractivity (Wildman–Crippen MR) is 122 cm³/mol. The second-order valence-electron chi connectivity index (χ2n) is 8.57. The molecule has 200 valence electrons. The van der Waals surface area contributed by atoms with Crippen molar-refractivity contribution in [1.29, 1.82) is 0 Å². The summed E-state index contributed by atoms with van der Waals surface area (Å²) < 4.78 is 0. The van der Waals surface area contributed by atoms with Crippen molar-refractivity contribution in [2.24, 2.45) is 11.7 Å². The summed E-state index contributed by atoms with van der Waals surface area (Å²) >= 11 is 0. The first-order valence-electron chi connectivity index (χ1n) is 11.1. The third-order valence-electron chi connectivity index (χ3n) is 4.95. The van der Waals surface area contributed by atoms with Gasteiger partial charge in [-0.1, -0.05) is 13.8 Å². The molecule has 4 atom stereocenters. The van der Waals surface area contributed by atoms with E-state index in [0.717, 1.165) is 0 Å². The lowest BCUT2D eigenvalue weighted by Gasteiger charge is -2.25. The van der Waals surface area contributed by atoms with Crippen molar-refractivity contribution in [2.45, 2.75) is 70.1 Å². The zero-order valence-electron chi connectivity index (χ0n) is 19.9. The maximum Gasteiger partial charge on any atom is 0.326 e. The number of hydrogen-bond acceptors (Lipinski definition) is 8. The summed E-state index contributed by atoms with van der Waals surface area (Å²) in [5.41, 5.74) is 6.14. The van der Waals surface area contributed by atoms with Crippen molar-refractivity contribution >= 4 is 35.6 Å². The fourth-order valence-electron chi connectivity index (χ4n) is 3.14. The molecule has 15 nitrogen and oxygen atoms in total. The van der Waals surface area contributed by atoms with Gasteiger partial charge < -0.3 is 42.0 Å². The number of aromatic nitrogens is 2. The molecule has 36 heavy (non-hydrogen) atoms. The summed E-state index contributed by atoms with van der Waals surface area (Å²) in [5.74, 6) is -6.72. The van der Waals surface area contributed by atoms with Gasteiger partial charge in [0, 0.05) is 24.7 Å². The molecule has 0 fully saturated rings. The summed E-state index contributed by atoms with van der Waals surface area (Å²) in [6, 6.07) is -5.41. The lowest BCUT2D eigenvalue weighted by molar-refractivity contribution is -0.147. The van der Waals surface area contributed by atoms with Crippen molar-refractivity contribution in [2.75, 3.05) is 0 Å². The Labute approximate surface area is 206 Å². The number of rotatable bonds is 16. The molecule has 0 saturated heterocycles. The average Bonchev–Trinajstić information content (AvgIpc) is 3.28. The van der Waals surface area contributed by atoms with Gasteiger partial charge in [-0.2, -0.15) is 0 Å². The van der Waals surface area contributed by atoms with Gasteiger partial charge in [0.25, 0.3) is 0 Å². The van der Waals surface area contributed by atoms with Crippen LogP contribution in [0.4, 0.5) is 0 Å². The van der Waals surface area contributed by atoms with Crippen LogP contribution in [0.2, 0.25) is 0 Å². The number of carbonyl (C=O) groups excluding carboxylic acids is 3. The molecule has 1 aromatic rings. The fraction of sp³-hybridized carbons (Fsp3) is 0.571. The smallest absolute Gasteiger partial charge is 0.326 e. The second kappa shape index (κ2) is 14.4. The molecule has 0 spiro atoms. The van der Waals surface area contributed by atoms with Gasteiger partial charge in [0.2, 0.25) is 17.7 Å². The predicted octanol–water partition coefficient (Wildman–Crippen LogP) is -1.80. The van der Waals surface area contributed by atoms with E-state index in [9.17, 15) is 33.9 Å². The third-order valence-corrected chi connectivity index (χ3v) is 4.95. The number of hydrogen-bond donors (Lipinski definition) is 8. The largest absolute Gasteiger partial charge is 0.481 e. The zero-order valence-corrected chi connectivity index (χ0v) is 19.9. The number of aromatic amines is 1. The molecule has 0 aliphatic heterocycles. The molecule has 4 unspecified atom stereocenters. The van der Waals surface area contributed by atoms with Crippen molar-refractivity contribution < 1.29 is 44.1 Å². The van der Waals surface area contributed by atoms with Gasteiger partial charge in [0.1, 0.15) is 18.1 Å². The molecule has 0 aromatic carbocycles. The Hall–Kier alpha value is -4.01. The Balaban J connectivity index is 3.05. The number of aliphatic carboxylic acids is 3. The molecule has 0 bridgehead atoms. The Kier molecular flexibility index (Phi) is 12.0. The molecule has 9 N–H and O–H groups in total. The minimum Gasteiger partial charge on any atom is -0.481 e. The Bertz CT molecular complexity index is 934. The van der Waals surface area contributed by atoms with Crippen LogP contribution < -0.4 is 21.7 Å². The molecule has 15 heteroatoms. The van der Waals surface area contributed by atoms with E-state index >= 15 is 0 Å². The van der Waals surface area contributed by atoms with E-state index < -0.39 is 66.2 Å². The van der Waals surface area contributed by atoms with E-state index in [-0.39, 0.29) is 31.6 Å². The SMILES string of the molecule is CC(C)CC(NC(=O)C(N)CCC(=O)O)C(=O)NC(Cc1cnc[nH]1)C(=O)NC(CC(=O)O)C(=O)O. The topological polar surface area (TPSA) is 254 Å². The first-order valence-corrected chi connectivity index (χ1v) is 11.1. The first kappa shape index (κ1) is 30.0. The van der Waals surface area contributed by atoms with E-state index in [1.807, 2.05) is 0 Å². The highest BCUT2D eigenvalue weighted by molar-refractivity contribution is 5.94. The highest BCUT2D eigenvalue weighted by Gasteiger charge is 2.32. The minimum absolute atomic E-state index is 0.0804. The molecule has 1 heterocycles. The van der Waals surface area contributed by atoms with Crippen molar-refractivity contribution in [3.05, 3.63) is 18.2 Å². The van der Waals surface area contributed by atoms with Gasteiger partial charge >= 0.3 is 17.9 Å². The van der Waals surface area contributed by atoms with Crippen LogP contribution in [0.3, 0.4) is 0 Å². The van der Waals surface area contributed by atoms with Crippen molar-refractivity contribution in [3.8, 4) is 0 Å². The number of H-pyrrole nitrogens is 1. The van der Waals surface area contributed by atoms with Gasteiger partial charge in [-0.15, -0.1) is 0 Å². The van der Waals surface area contributed by atoms with Crippen LogP contribution in [-0.2, 0) is 35.2 Å². The van der Waals surface area contributed by atoms with Crippen LogP contribution in [0.5, 0.6) is 0 Å². The fourth-order valence-corrected chi connectivity index (χ4v) is 3.14. The third kappa shape index (κ3) is 10.9. The Morgan fingerprint density at radius 1 is 0.917 bits per heavy atom. The molecule has 0 saturated carbocycles. The second-order valence-corrected chi connectivity index (χ2v) is 8.57. The minimum atomic E-state index is -1.74. The number of imidazole rings is 1. The molecule has 0 aliphatic carbocycles. The van der Waals surface area contributed by atoms with Crippen molar-refractivity contribution in [3.63, 3.8) is 0 Å². The maximum atomic E-state index is 13.1. The quantitative estimate of drug-likeness (QED) is 0.123. The van der Waals surface area contributed by atoms with Gasteiger partial charge in [-0.05, 0) is 18.8 Å².